The maximum absolute atomic E-state index is 13.0. The van der Waals surface area contributed by atoms with Gasteiger partial charge in [0.2, 0.25) is 0 Å². The Hall–Kier alpha value is -3.55. The van der Waals surface area contributed by atoms with E-state index in [4.69, 9.17) is 9.47 Å². The Morgan fingerprint density at radius 1 is 1.07 bits per heavy atom. The van der Waals surface area contributed by atoms with Gasteiger partial charge in [0.25, 0.3) is 0 Å². The summed E-state index contributed by atoms with van der Waals surface area (Å²) in [5.74, 6) is 0.921. The lowest BCUT2D eigenvalue weighted by Crippen LogP contribution is -2.09. The zero-order valence-electron chi connectivity index (χ0n) is 15.0. The van der Waals surface area contributed by atoms with Crippen molar-refractivity contribution in [2.24, 2.45) is 5.10 Å². The van der Waals surface area contributed by atoms with Gasteiger partial charge in [0.05, 0.1) is 18.9 Å². The third-order valence-corrected chi connectivity index (χ3v) is 3.75. The lowest BCUT2D eigenvalue weighted by atomic mass is 10.2. The topological polar surface area (TPSA) is 78.6 Å². The lowest BCUT2D eigenvalue weighted by molar-refractivity contribution is 0.0729. The molecule has 0 saturated carbocycles. The summed E-state index contributed by atoms with van der Waals surface area (Å²) in [4.78, 5) is 12.2. The van der Waals surface area contributed by atoms with E-state index in [1.165, 1.54) is 31.4 Å². The SMILES string of the molecule is COc1cc(C=Nn2c(C)nnc2C)ccc1OC(=O)c1ccc(F)cc1. The molecule has 2 aromatic carbocycles. The number of esters is 1. The number of aromatic nitrogens is 3. The number of nitrogens with zero attached hydrogens (tertiary/aromatic N) is 4. The molecule has 0 saturated heterocycles. The average molecular weight is 368 g/mol. The van der Waals surface area contributed by atoms with Gasteiger partial charge in [0.15, 0.2) is 23.1 Å². The minimum atomic E-state index is -0.606. The Labute approximate surface area is 155 Å². The van der Waals surface area contributed by atoms with Crippen molar-refractivity contribution < 1.29 is 18.7 Å². The summed E-state index contributed by atoms with van der Waals surface area (Å²) in [5, 5.41) is 12.2. The second-order valence-corrected chi connectivity index (χ2v) is 5.66. The molecule has 1 aromatic heterocycles. The van der Waals surface area contributed by atoms with Crippen molar-refractivity contribution in [2.45, 2.75) is 13.8 Å². The second-order valence-electron chi connectivity index (χ2n) is 5.66. The molecule has 0 N–H and O–H groups in total. The predicted molar refractivity (Wildman–Crippen MR) is 96.8 cm³/mol. The molecule has 7 nitrogen and oxygen atoms in total. The molecule has 138 valence electrons. The predicted octanol–water partition coefficient (Wildman–Crippen LogP) is 3.14. The molecule has 0 bridgehead atoms. The third kappa shape index (κ3) is 4.17. The van der Waals surface area contributed by atoms with E-state index in [-0.39, 0.29) is 11.3 Å². The van der Waals surface area contributed by atoms with Crippen LogP contribution in [0.2, 0.25) is 0 Å². The number of aryl methyl sites for hydroxylation is 2. The van der Waals surface area contributed by atoms with Crippen LogP contribution in [0.4, 0.5) is 4.39 Å². The number of hydrogen-bond acceptors (Lipinski definition) is 6. The molecule has 3 aromatic rings. The number of halogens is 1. The highest BCUT2D eigenvalue weighted by Crippen LogP contribution is 2.28. The smallest absolute Gasteiger partial charge is 0.343 e. The first-order chi connectivity index (χ1) is 13.0. The Morgan fingerprint density at radius 2 is 1.74 bits per heavy atom. The number of rotatable bonds is 5. The van der Waals surface area contributed by atoms with Crippen LogP contribution < -0.4 is 9.47 Å². The molecule has 3 rings (SSSR count). The number of ether oxygens (including phenoxy) is 2. The molecule has 0 unspecified atom stereocenters. The van der Waals surface area contributed by atoms with E-state index in [0.29, 0.717) is 17.4 Å². The van der Waals surface area contributed by atoms with E-state index in [1.807, 2.05) is 0 Å². The summed E-state index contributed by atoms with van der Waals surface area (Å²) in [5.41, 5.74) is 0.976. The van der Waals surface area contributed by atoms with Crippen LogP contribution in [0.25, 0.3) is 0 Å². The van der Waals surface area contributed by atoms with Gasteiger partial charge >= 0.3 is 5.97 Å². The fourth-order valence-electron chi connectivity index (χ4n) is 2.35. The molecule has 0 atom stereocenters. The molecule has 8 heteroatoms. The van der Waals surface area contributed by atoms with Gasteiger partial charge in [-0.1, -0.05) is 0 Å². The number of methoxy groups -OCH3 is 1. The van der Waals surface area contributed by atoms with Crippen molar-refractivity contribution in [3.8, 4) is 11.5 Å². The molecule has 0 aliphatic carbocycles. The monoisotopic (exact) mass is 368 g/mol. The molecule has 0 amide bonds. The summed E-state index contributed by atoms with van der Waals surface area (Å²) >= 11 is 0. The molecule has 0 aliphatic rings. The first-order valence-electron chi connectivity index (χ1n) is 8.06. The fourth-order valence-corrected chi connectivity index (χ4v) is 2.35. The Balaban J connectivity index is 1.80. The van der Waals surface area contributed by atoms with Crippen molar-refractivity contribution in [3.05, 3.63) is 71.1 Å². The van der Waals surface area contributed by atoms with Gasteiger partial charge in [0.1, 0.15) is 5.82 Å². The first kappa shape index (κ1) is 18.2. The summed E-state index contributed by atoms with van der Waals surface area (Å²) < 4.78 is 25.2. The van der Waals surface area contributed by atoms with E-state index in [1.54, 1.807) is 42.9 Å². The minimum Gasteiger partial charge on any atom is -0.493 e. The molecule has 0 radical (unpaired) electrons. The van der Waals surface area contributed by atoms with Crippen molar-refractivity contribution >= 4 is 12.2 Å². The quantitative estimate of drug-likeness (QED) is 0.393. The van der Waals surface area contributed by atoms with Crippen molar-refractivity contribution in [1.82, 2.24) is 14.9 Å². The highest BCUT2D eigenvalue weighted by atomic mass is 19.1. The van der Waals surface area contributed by atoms with Crippen LogP contribution in [0.1, 0.15) is 27.6 Å². The number of carbonyl (C=O) groups excluding carboxylic acids is 1. The van der Waals surface area contributed by atoms with E-state index in [9.17, 15) is 9.18 Å². The van der Waals surface area contributed by atoms with Gasteiger partial charge < -0.3 is 9.47 Å². The maximum atomic E-state index is 13.0. The third-order valence-electron chi connectivity index (χ3n) is 3.75. The molecule has 0 fully saturated rings. The van der Waals surface area contributed by atoms with Crippen LogP contribution in [0.3, 0.4) is 0 Å². The van der Waals surface area contributed by atoms with Crippen LogP contribution in [-0.4, -0.2) is 34.2 Å². The van der Waals surface area contributed by atoms with Crippen LogP contribution in [0.5, 0.6) is 11.5 Å². The molecule has 0 spiro atoms. The van der Waals surface area contributed by atoms with Crippen LogP contribution >= 0.6 is 0 Å². The van der Waals surface area contributed by atoms with Crippen molar-refractivity contribution in [3.63, 3.8) is 0 Å². The fraction of sp³-hybridized carbons (Fsp3) is 0.158. The molecule has 27 heavy (non-hydrogen) atoms. The largest absolute Gasteiger partial charge is 0.493 e. The Morgan fingerprint density at radius 3 is 2.37 bits per heavy atom. The first-order valence-corrected chi connectivity index (χ1v) is 8.06. The molecular formula is C19H17FN4O3. The van der Waals surface area contributed by atoms with Gasteiger partial charge in [-0.3, -0.25) is 0 Å². The Kier molecular flexibility index (Phi) is 5.25. The van der Waals surface area contributed by atoms with Crippen LogP contribution in [0.15, 0.2) is 47.6 Å². The number of carbonyl (C=O) groups is 1. The van der Waals surface area contributed by atoms with Gasteiger partial charge in [0, 0.05) is 0 Å². The van der Waals surface area contributed by atoms with Crippen molar-refractivity contribution in [2.75, 3.05) is 7.11 Å². The van der Waals surface area contributed by atoms with Crippen molar-refractivity contribution in [1.29, 1.82) is 0 Å². The zero-order valence-corrected chi connectivity index (χ0v) is 15.0. The molecule has 0 aliphatic heterocycles. The average Bonchev–Trinajstić information content (AvgIpc) is 2.99. The van der Waals surface area contributed by atoms with Gasteiger partial charge in [-0.2, -0.15) is 5.10 Å². The molecular weight excluding hydrogens is 351 g/mol. The normalized spacial score (nSPS) is 11.0. The van der Waals surface area contributed by atoms with E-state index >= 15 is 0 Å². The Bertz CT molecular complexity index is 977. The summed E-state index contributed by atoms with van der Waals surface area (Å²) in [7, 11) is 1.47. The van der Waals surface area contributed by atoms with Gasteiger partial charge in [-0.15, -0.1) is 10.2 Å². The standard InChI is InChI=1S/C19H17FN4O3/c1-12-22-23-13(2)24(12)21-11-14-4-9-17(18(10-14)26-3)27-19(25)15-5-7-16(20)8-6-15/h4-11H,1-3H3. The number of benzene rings is 2. The van der Waals surface area contributed by atoms with E-state index in [2.05, 4.69) is 15.3 Å². The van der Waals surface area contributed by atoms with Gasteiger partial charge in [-0.05, 0) is 61.9 Å². The zero-order chi connectivity index (χ0) is 19.4. The highest BCUT2D eigenvalue weighted by molar-refractivity contribution is 5.91. The summed E-state index contributed by atoms with van der Waals surface area (Å²) in [6, 6.07) is 10.1. The highest BCUT2D eigenvalue weighted by Gasteiger charge is 2.13. The minimum absolute atomic E-state index is 0.239. The number of hydrogen-bond donors (Lipinski definition) is 0. The van der Waals surface area contributed by atoms with Crippen LogP contribution in [0, 0.1) is 19.7 Å². The summed E-state index contributed by atoms with van der Waals surface area (Å²) in [6.07, 6.45) is 1.62. The van der Waals surface area contributed by atoms with E-state index in [0.717, 1.165) is 5.56 Å². The van der Waals surface area contributed by atoms with Crippen LogP contribution in [-0.2, 0) is 0 Å². The second kappa shape index (κ2) is 7.77. The van der Waals surface area contributed by atoms with Gasteiger partial charge in [-0.25, -0.2) is 13.9 Å². The summed E-state index contributed by atoms with van der Waals surface area (Å²) in [6.45, 7) is 3.60. The van der Waals surface area contributed by atoms with E-state index < -0.39 is 11.8 Å². The maximum Gasteiger partial charge on any atom is 0.343 e. The lowest BCUT2D eigenvalue weighted by Gasteiger charge is -2.10. The molecule has 1 heterocycles.